The van der Waals surface area contributed by atoms with Crippen molar-refractivity contribution in [2.45, 2.75) is 0 Å². The van der Waals surface area contributed by atoms with Crippen LogP contribution in [0.3, 0.4) is 0 Å². The van der Waals surface area contributed by atoms with Crippen LogP contribution >= 0.6 is 37.2 Å². The van der Waals surface area contributed by atoms with Crippen molar-refractivity contribution >= 4 is 42.5 Å². The van der Waals surface area contributed by atoms with Crippen molar-refractivity contribution in [1.29, 1.82) is 0 Å². The molecule has 52 heavy (non-hydrogen) atoms. The van der Waals surface area contributed by atoms with Crippen molar-refractivity contribution in [3.63, 3.8) is 0 Å². The van der Waals surface area contributed by atoms with E-state index in [1.807, 2.05) is 12.1 Å². The van der Waals surface area contributed by atoms with Crippen LogP contribution in [0.15, 0.2) is 42.3 Å². The van der Waals surface area contributed by atoms with Gasteiger partial charge in [-0.3, -0.25) is 0 Å². The quantitative estimate of drug-likeness (QED) is 0.193. The topological polar surface area (TPSA) is 109 Å². The molecule has 17 nitrogen and oxygen atoms in total. The average molecular weight is 833 g/mol. The zero-order valence-corrected chi connectivity index (χ0v) is 41.6. The molecule has 308 valence electrons. The third kappa shape index (κ3) is 8.58. The summed E-state index contributed by atoms with van der Waals surface area (Å²) >= 11 is 0. The van der Waals surface area contributed by atoms with Crippen LogP contribution in [0.4, 0.5) is 0 Å². The first-order chi connectivity index (χ1) is 23.5. The number of rotatable bonds is 17. The maximum atomic E-state index is 10.9. The van der Waals surface area contributed by atoms with Crippen LogP contribution in [0, 0.1) is 0 Å². The van der Waals surface area contributed by atoms with Crippen molar-refractivity contribution in [1.82, 2.24) is 56.0 Å². The molecule has 0 aliphatic heterocycles. The van der Waals surface area contributed by atoms with E-state index < -0.39 is 37.2 Å². The Labute approximate surface area is 320 Å². The molecule has 0 unspecified atom stereocenters. The number of aromatic hydroxyl groups is 1. The van der Waals surface area contributed by atoms with E-state index in [9.17, 15) is 5.11 Å². The molecule has 1 aromatic rings. The number of hydrogen-bond donors (Lipinski definition) is 1. The van der Waals surface area contributed by atoms with Crippen LogP contribution in [0.1, 0.15) is 0 Å². The molecule has 0 radical (unpaired) electrons. The maximum absolute atomic E-state index is 10.9. The molecule has 0 aliphatic carbocycles. The van der Waals surface area contributed by atoms with E-state index in [1.165, 1.54) is 0 Å². The summed E-state index contributed by atoms with van der Waals surface area (Å²) < 4.78 is 52.4. The first-order valence-electron chi connectivity index (χ1n) is 17.0. The number of benzene rings is 1. The van der Waals surface area contributed by atoms with Gasteiger partial charge in [0, 0.05) is 0 Å². The van der Waals surface area contributed by atoms with Crippen molar-refractivity contribution in [2.24, 2.45) is 18.1 Å². The molecule has 0 saturated heterocycles. The van der Waals surface area contributed by atoms with E-state index in [1.54, 1.807) is 12.1 Å². The fourth-order valence-electron chi connectivity index (χ4n) is 7.17. The van der Waals surface area contributed by atoms with Crippen LogP contribution in [-0.4, -0.2) is 230 Å². The molecule has 0 heterocycles. The molecular weight excluding hydrogens is 755 g/mol. The predicted molar refractivity (Wildman–Crippen MR) is 236 cm³/mol. The molecule has 0 spiro atoms. The predicted octanol–water partition coefficient (Wildman–Crippen LogP) is 5.75. The number of hydrogen-bond acceptors (Lipinski definition) is 5. The zero-order chi connectivity index (χ0) is 41.2. The summed E-state index contributed by atoms with van der Waals surface area (Å²) in [5.41, 5.74) is 0. The zero-order valence-electron chi connectivity index (χ0n) is 37.1. The standard InChI is InChI=1S/C30H77N16OP5/c1-35(2)48(36(3)4,37(5)6)31-52(30-27-25-29(47)26-28-30,32-49(38(7)8,39(9)10)40(11)12,33-50(41(13)14,42(15)16)43(17)18)34-51(44(19)20,45(21)22)46(23)24/h25-28,47H,1-24H3. The molecule has 1 aromatic carbocycles. The van der Waals surface area contributed by atoms with Gasteiger partial charge in [-0.15, -0.1) is 0 Å². The molecular formula is C30H77N16OP5. The van der Waals surface area contributed by atoms with E-state index in [0.29, 0.717) is 0 Å². The second-order valence-corrected chi connectivity index (χ2v) is 34.3. The van der Waals surface area contributed by atoms with E-state index in [4.69, 9.17) is 18.1 Å². The van der Waals surface area contributed by atoms with Gasteiger partial charge in [0.25, 0.3) is 0 Å². The summed E-state index contributed by atoms with van der Waals surface area (Å²) in [5.74, 6) is 0.144. The summed E-state index contributed by atoms with van der Waals surface area (Å²) in [4.78, 5) is 0. The molecule has 0 aliphatic rings. The van der Waals surface area contributed by atoms with Crippen LogP contribution in [0.25, 0.3) is 0 Å². The number of nitrogens with zero attached hydrogens (tertiary/aromatic N) is 16. The van der Waals surface area contributed by atoms with Gasteiger partial charge in [0.15, 0.2) is 0 Å². The fraction of sp³-hybridized carbons (Fsp3) is 0.800. The van der Waals surface area contributed by atoms with Crippen LogP contribution in [0.2, 0.25) is 0 Å². The Morgan fingerprint density at radius 1 is 0.327 bits per heavy atom. The monoisotopic (exact) mass is 833 g/mol. The average Bonchev–Trinajstić information content (AvgIpc) is 2.98. The molecule has 0 amide bonds. The molecule has 22 heteroatoms. The van der Waals surface area contributed by atoms with Crippen LogP contribution in [0.5, 0.6) is 5.75 Å². The molecule has 1 N–H and O–H groups in total. The Bertz CT molecular complexity index is 1270. The van der Waals surface area contributed by atoms with Crippen LogP contribution in [-0.2, 0) is 0 Å². The Morgan fingerprint density at radius 3 is 0.615 bits per heavy atom. The second-order valence-electron chi connectivity index (χ2n) is 15.1. The third-order valence-corrected chi connectivity index (χ3v) is 32.1. The van der Waals surface area contributed by atoms with Gasteiger partial charge >= 0.3 is 321 Å². The molecule has 0 bridgehead atoms. The molecule has 0 atom stereocenters. The van der Waals surface area contributed by atoms with Gasteiger partial charge in [-0.25, -0.2) is 0 Å². The van der Waals surface area contributed by atoms with Crippen molar-refractivity contribution < 1.29 is 5.11 Å². The fourth-order valence-corrected chi connectivity index (χ4v) is 35.6. The number of phenols is 1. The van der Waals surface area contributed by atoms with Crippen molar-refractivity contribution in [3.05, 3.63) is 24.3 Å². The van der Waals surface area contributed by atoms with E-state index in [2.05, 4.69) is 225 Å². The van der Waals surface area contributed by atoms with Crippen molar-refractivity contribution in [2.75, 3.05) is 169 Å². The Morgan fingerprint density at radius 2 is 0.481 bits per heavy atom. The van der Waals surface area contributed by atoms with Gasteiger partial charge < -0.3 is 0 Å². The minimum atomic E-state index is -5.02. The van der Waals surface area contributed by atoms with E-state index >= 15 is 0 Å². The molecule has 1 rings (SSSR count). The van der Waals surface area contributed by atoms with Gasteiger partial charge in [-0.2, -0.15) is 0 Å². The van der Waals surface area contributed by atoms with Crippen molar-refractivity contribution in [3.8, 4) is 5.75 Å². The van der Waals surface area contributed by atoms with Gasteiger partial charge in [-0.05, 0) is 0 Å². The summed E-state index contributed by atoms with van der Waals surface area (Å²) in [7, 11) is 33.6. The van der Waals surface area contributed by atoms with Gasteiger partial charge in [-0.1, -0.05) is 0 Å². The van der Waals surface area contributed by atoms with Gasteiger partial charge in [0.05, 0.1) is 0 Å². The molecule has 0 aromatic heterocycles. The molecule has 0 saturated carbocycles. The third-order valence-electron chi connectivity index (χ3n) is 8.89. The normalized spacial score (nSPS) is 15.2. The summed E-state index contributed by atoms with van der Waals surface area (Å²) in [6.07, 6.45) is 0. The first kappa shape index (κ1) is 49.9. The SMILES string of the molecule is CN(C)P(=NP(N=P(N(C)C)(N(C)C)N(C)C)(N=P(N(C)C)(N(C)C)N(C)C)(N=P(N(C)C)(N(C)C)N(C)C)c1ccc(O)cc1)(N(C)C)N(C)C. The van der Waals surface area contributed by atoms with Gasteiger partial charge in [0.2, 0.25) is 0 Å². The summed E-state index contributed by atoms with van der Waals surface area (Å²) in [6.45, 7) is 0. The summed E-state index contributed by atoms with van der Waals surface area (Å²) in [5, 5.41) is 11.7. The Kier molecular flexibility index (Phi) is 17.3. The minimum absolute atomic E-state index is 0.144. The second kappa shape index (κ2) is 18.0. The Hall–Kier alpha value is -0.110. The number of phenolic OH excluding ortho intramolecular Hbond substituents is 1. The van der Waals surface area contributed by atoms with Crippen LogP contribution < -0.4 is 5.30 Å². The molecule has 0 fully saturated rings. The van der Waals surface area contributed by atoms with E-state index in [0.717, 1.165) is 5.30 Å². The Balaban J connectivity index is 6.17. The first-order valence-corrected chi connectivity index (χ1v) is 25.4. The van der Waals surface area contributed by atoms with Gasteiger partial charge in [0.1, 0.15) is 0 Å². The van der Waals surface area contributed by atoms with E-state index in [-0.39, 0.29) is 5.75 Å². The summed E-state index contributed by atoms with van der Waals surface area (Å²) in [6, 6.07) is 7.39.